The molecule has 0 fully saturated rings. The molecule has 0 spiro atoms. The smallest absolute Gasteiger partial charge is 0.460 e. The standard InChI is InChI=1S/C9H6F12O2/c1-2-4(10,3(22)23)5(11,12)6(13,14)7(15,16)8(17,18)9(19,20)21/h2H2,1H3,(H,22,23). The highest BCUT2D eigenvalue weighted by atomic mass is 19.4. The summed E-state index contributed by atoms with van der Waals surface area (Å²) in [6, 6.07) is 0. The van der Waals surface area contributed by atoms with Crippen LogP contribution in [0.3, 0.4) is 0 Å². The van der Waals surface area contributed by atoms with Gasteiger partial charge in [0.25, 0.3) is 5.67 Å². The van der Waals surface area contributed by atoms with Crippen molar-refractivity contribution in [2.75, 3.05) is 0 Å². The second kappa shape index (κ2) is 5.33. The summed E-state index contributed by atoms with van der Waals surface area (Å²) in [5.41, 5.74) is -5.53. The maximum Gasteiger partial charge on any atom is 0.460 e. The first kappa shape index (κ1) is 21.6. The van der Waals surface area contributed by atoms with Crippen molar-refractivity contribution in [3.8, 4) is 0 Å². The Morgan fingerprint density at radius 2 is 1.00 bits per heavy atom. The number of hydrogen-bond acceptors (Lipinski definition) is 1. The summed E-state index contributed by atoms with van der Waals surface area (Å²) in [6.45, 7) is 0.151. The molecule has 0 rings (SSSR count). The van der Waals surface area contributed by atoms with Crippen LogP contribution in [0.4, 0.5) is 52.7 Å². The lowest BCUT2D eigenvalue weighted by atomic mass is 9.85. The minimum Gasteiger partial charge on any atom is -0.479 e. The molecule has 0 aliphatic rings. The maximum absolute atomic E-state index is 13.4. The van der Waals surface area contributed by atoms with Gasteiger partial charge in [-0.3, -0.25) is 0 Å². The van der Waals surface area contributed by atoms with Gasteiger partial charge in [-0.05, 0) is 6.42 Å². The zero-order valence-corrected chi connectivity index (χ0v) is 10.6. The SMILES string of the molecule is CCC(F)(C(=O)O)C(F)(F)C(F)(F)C(F)(F)C(F)(F)C(F)(F)F. The Balaban J connectivity index is 6.41. The Morgan fingerprint density at radius 3 is 1.22 bits per heavy atom. The van der Waals surface area contributed by atoms with Crippen LogP contribution in [-0.4, -0.2) is 46.6 Å². The third-order valence-electron chi connectivity index (χ3n) is 2.86. The molecule has 0 radical (unpaired) electrons. The number of carboxylic acids is 1. The van der Waals surface area contributed by atoms with Gasteiger partial charge in [0.05, 0.1) is 0 Å². The minimum absolute atomic E-state index is 0.151. The van der Waals surface area contributed by atoms with Gasteiger partial charge in [0, 0.05) is 0 Å². The number of carboxylic acid groups (broad SMARTS) is 1. The number of aliphatic carboxylic acids is 1. The van der Waals surface area contributed by atoms with Crippen molar-refractivity contribution < 1.29 is 62.6 Å². The van der Waals surface area contributed by atoms with E-state index in [0.717, 1.165) is 0 Å². The molecule has 23 heavy (non-hydrogen) atoms. The number of rotatable bonds is 6. The monoisotopic (exact) mass is 374 g/mol. The van der Waals surface area contributed by atoms with Crippen molar-refractivity contribution in [3.63, 3.8) is 0 Å². The molecule has 2 nitrogen and oxygen atoms in total. The molecule has 0 heterocycles. The van der Waals surface area contributed by atoms with Crippen LogP contribution in [0.5, 0.6) is 0 Å². The molecule has 0 aromatic heterocycles. The van der Waals surface area contributed by atoms with Crippen molar-refractivity contribution in [2.24, 2.45) is 0 Å². The lowest BCUT2D eigenvalue weighted by Crippen LogP contribution is -2.72. The van der Waals surface area contributed by atoms with E-state index in [1.54, 1.807) is 0 Å². The van der Waals surface area contributed by atoms with Gasteiger partial charge < -0.3 is 5.11 Å². The lowest BCUT2D eigenvalue weighted by molar-refractivity contribution is -0.430. The zero-order valence-electron chi connectivity index (χ0n) is 10.6. The predicted molar refractivity (Wildman–Crippen MR) is 47.6 cm³/mol. The first-order valence-electron chi connectivity index (χ1n) is 5.26. The Labute approximate surface area is 119 Å². The van der Waals surface area contributed by atoms with Gasteiger partial charge in [-0.1, -0.05) is 6.92 Å². The second-order valence-corrected chi connectivity index (χ2v) is 4.26. The average Bonchev–Trinajstić information content (AvgIpc) is 2.34. The lowest BCUT2D eigenvalue weighted by Gasteiger charge is -2.40. The molecule has 0 aromatic carbocycles. The van der Waals surface area contributed by atoms with E-state index in [2.05, 4.69) is 0 Å². The Kier molecular flexibility index (Phi) is 5.01. The average molecular weight is 374 g/mol. The second-order valence-electron chi connectivity index (χ2n) is 4.26. The third-order valence-corrected chi connectivity index (χ3v) is 2.86. The normalized spacial score (nSPS) is 17.8. The van der Waals surface area contributed by atoms with Gasteiger partial charge in [-0.15, -0.1) is 0 Å². The molecule has 14 heteroatoms. The van der Waals surface area contributed by atoms with E-state index in [9.17, 15) is 57.5 Å². The molecule has 0 aliphatic heterocycles. The maximum atomic E-state index is 13.4. The van der Waals surface area contributed by atoms with Gasteiger partial charge >= 0.3 is 35.8 Å². The summed E-state index contributed by atoms with van der Waals surface area (Å²) in [4.78, 5) is 10.3. The highest BCUT2D eigenvalue weighted by Gasteiger charge is 2.90. The molecular formula is C9H6F12O2. The summed E-state index contributed by atoms with van der Waals surface area (Å²) in [5, 5.41) is 8.12. The van der Waals surface area contributed by atoms with Crippen LogP contribution in [0.25, 0.3) is 0 Å². The van der Waals surface area contributed by atoms with Crippen molar-refractivity contribution in [1.29, 1.82) is 0 Å². The largest absolute Gasteiger partial charge is 0.479 e. The van der Waals surface area contributed by atoms with E-state index >= 15 is 0 Å². The number of carbonyl (C=O) groups is 1. The van der Waals surface area contributed by atoms with Crippen LogP contribution in [-0.2, 0) is 4.79 Å². The fourth-order valence-corrected chi connectivity index (χ4v) is 1.33. The molecule has 0 bridgehead atoms. The summed E-state index contributed by atoms with van der Waals surface area (Å²) in [5.74, 6) is -33.8. The molecule has 1 atom stereocenters. The molecule has 138 valence electrons. The van der Waals surface area contributed by atoms with E-state index in [-0.39, 0.29) is 6.92 Å². The van der Waals surface area contributed by atoms with Crippen molar-refractivity contribution in [2.45, 2.75) is 48.9 Å². The molecule has 0 aromatic rings. The number of halogens is 12. The first-order chi connectivity index (χ1) is 9.75. The van der Waals surface area contributed by atoms with Crippen LogP contribution >= 0.6 is 0 Å². The topological polar surface area (TPSA) is 37.3 Å². The van der Waals surface area contributed by atoms with E-state index in [1.807, 2.05) is 0 Å². The fourth-order valence-electron chi connectivity index (χ4n) is 1.33. The molecule has 1 unspecified atom stereocenters. The van der Waals surface area contributed by atoms with Gasteiger partial charge in [0.15, 0.2) is 0 Å². The molecule has 1 N–H and O–H groups in total. The Bertz CT molecular complexity index is 468. The number of alkyl halides is 12. The van der Waals surface area contributed by atoms with Crippen molar-refractivity contribution in [3.05, 3.63) is 0 Å². The van der Waals surface area contributed by atoms with Crippen LogP contribution < -0.4 is 0 Å². The van der Waals surface area contributed by atoms with Gasteiger partial charge in [0.2, 0.25) is 0 Å². The summed E-state index contributed by atoms with van der Waals surface area (Å²) in [6.07, 6.45) is -9.52. The van der Waals surface area contributed by atoms with Crippen LogP contribution in [0.2, 0.25) is 0 Å². The van der Waals surface area contributed by atoms with Crippen molar-refractivity contribution in [1.82, 2.24) is 0 Å². The third kappa shape index (κ3) is 2.58. The molecule has 0 saturated heterocycles. The van der Waals surface area contributed by atoms with Crippen LogP contribution in [0.15, 0.2) is 0 Å². The van der Waals surface area contributed by atoms with Crippen molar-refractivity contribution >= 4 is 5.97 Å². The summed E-state index contributed by atoms with van der Waals surface area (Å²) < 4.78 is 152. The van der Waals surface area contributed by atoms with Gasteiger partial charge in [0.1, 0.15) is 0 Å². The summed E-state index contributed by atoms with van der Waals surface area (Å²) in [7, 11) is 0. The molecule has 0 amide bonds. The van der Waals surface area contributed by atoms with Crippen LogP contribution in [0, 0.1) is 0 Å². The fraction of sp³-hybridized carbons (Fsp3) is 0.889. The van der Waals surface area contributed by atoms with Gasteiger partial charge in [-0.25, -0.2) is 9.18 Å². The Hall–Kier alpha value is -1.37. The number of hydrogen-bond donors (Lipinski definition) is 1. The molecular weight excluding hydrogens is 368 g/mol. The minimum atomic E-state index is -7.84. The predicted octanol–water partition coefficient (Wildman–Crippen LogP) is 4.29. The van der Waals surface area contributed by atoms with E-state index in [0.29, 0.717) is 0 Å². The van der Waals surface area contributed by atoms with E-state index in [4.69, 9.17) is 5.11 Å². The highest BCUT2D eigenvalue weighted by Crippen LogP contribution is 2.60. The van der Waals surface area contributed by atoms with E-state index < -0.39 is 47.9 Å². The quantitative estimate of drug-likeness (QED) is 0.705. The van der Waals surface area contributed by atoms with E-state index in [1.165, 1.54) is 0 Å². The zero-order chi connectivity index (χ0) is 19.3. The molecule has 0 saturated carbocycles. The van der Waals surface area contributed by atoms with Crippen LogP contribution in [0.1, 0.15) is 13.3 Å². The highest BCUT2D eigenvalue weighted by molar-refractivity contribution is 5.79. The summed E-state index contributed by atoms with van der Waals surface area (Å²) >= 11 is 0. The molecule has 0 aliphatic carbocycles. The first-order valence-corrected chi connectivity index (χ1v) is 5.26. The van der Waals surface area contributed by atoms with Gasteiger partial charge in [-0.2, -0.15) is 48.3 Å². The Morgan fingerprint density at radius 1 is 0.696 bits per heavy atom.